The van der Waals surface area contributed by atoms with Gasteiger partial charge < -0.3 is 25.0 Å². The maximum absolute atomic E-state index is 13.9. The molecule has 0 aliphatic carbocycles. The van der Waals surface area contributed by atoms with Crippen molar-refractivity contribution in [1.29, 1.82) is 0 Å². The number of aromatic hydroxyl groups is 1. The van der Waals surface area contributed by atoms with E-state index in [1.165, 1.54) is 23.9 Å². The number of aryl methyl sites for hydroxylation is 1. The van der Waals surface area contributed by atoms with Crippen molar-refractivity contribution in [3.8, 4) is 11.4 Å². The standard InChI is InChI=1S/C41H40N6O7S2/c1-27-10-20-36(21-11-27)56(51,52)44-37(22-28-6-3-2-4-7-28)39(50)42-32-9-5-8-31(23-32)40-53-35(24-38(54-40)30-14-12-29(25-48)13-15-30)26-55-41-43-45-46-47(41)33-16-18-34(49)19-17-33/h2-21,23,35,37-38,40,44,48-49H,22,24-26H2,1H3,(H,42,50). The first-order valence-electron chi connectivity index (χ1n) is 17.9. The second-order valence-corrected chi connectivity index (χ2v) is 16.0. The number of rotatable bonds is 14. The Bertz CT molecular complexity index is 2340. The second-order valence-electron chi connectivity index (χ2n) is 13.3. The Morgan fingerprint density at radius 1 is 0.893 bits per heavy atom. The topological polar surface area (TPSA) is 178 Å². The molecule has 1 saturated heterocycles. The van der Waals surface area contributed by atoms with Gasteiger partial charge in [-0.2, -0.15) is 9.40 Å². The van der Waals surface area contributed by atoms with Crippen molar-refractivity contribution in [2.24, 2.45) is 0 Å². The van der Waals surface area contributed by atoms with Gasteiger partial charge in [0.25, 0.3) is 0 Å². The fraction of sp³-hybridized carbons (Fsp3) is 0.220. The number of phenolic OH excluding ortho intramolecular Hbond substituents is 1. The maximum Gasteiger partial charge on any atom is 0.242 e. The Balaban J connectivity index is 1.11. The first-order chi connectivity index (χ1) is 27.1. The Labute approximate surface area is 328 Å². The van der Waals surface area contributed by atoms with Crippen LogP contribution in [-0.2, 0) is 37.3 Å². The molecule has 1 aliphatic rings. The summed E-state index contributed by atoms with van der Waals surface area (Å²) in [6.45, 7) is 1.79. The monoisotopic (exact) mass is 792 g/mol. The average Bonchev–Trinajstić information content (AvgIpc) is 3.69. The average molecular weight is 793 g/mol. The fourth-order valence-corrected chi connectivity index (χ4v) is 8.32. The molecule has 1 aliphatic heterocycles. The minimum atomic E-state index is -4.03. The fourth-order valence-electron chi connectivity index (χ4n) is 6.22. The van der Waals surface area contributed by atoms with Crippen LogP contribution in [0.2, 0.25) is 0 Å². The van der Waals surface area contributed by atoms with Gasteiger partial charge in [-0.3, -0.25) is 4.79 Å². The zero-order chi connectivity index (χ0) is 39.1. The molecule has 5 aromatic carbocycles. The van der Waals surface area contributed by atoms with Crippen LogP contribution in [0, 0.1) is 6.92 Å². The number of aliphatic hydroxyl groups is 1. The molecule has 1 fully saturated rings. The minimum Gasteiger partial charge on any atom is -0.508 e. The number of nitrogens with zero attached hydrogens (tertiary/aromatic N) is 4. The third kappa shape index (κ3) is 9.68. The lowest BCUT2D eigenvalue weighted by Gasteiger charge is -2.36. The van der Waals surface area contributed by atoms with Gasteiger partial charge in [0.05, 0.1) is 29.4 Å². The molecular formula is C41H40N6O7S2. The SMILES string of the molecule is Cc1ccc(S(=O)(=O)NC(Cc2ccccc2)C(=O)Nc2cccc(C3OC(CSc4nnnn4-c4ccc(O)cc4)CC(c4ccc(CO)cc4)O3)c2)cc1. The van der Waals surface area contributed by atoms with E-state index in [-0.39, 0.29) is 35.9 Å². The molecule has 1 amide bonds. The molecule has 0 radical (unpaired) electrons. The summed E-state index contributed by atoms with van der Waals surface area (Å²) in [6, 6.07) is 35.8. The molecule has 0 spiro atoms. The Kier molecular flexibility index (Phi) is 12.2. The van der Waals surface area contributed by atoms with Gasteiger partial charge in [-0.1, -0.05) is 96.2 Å². The molecule has 2 heterocycles. The van der Waals surface area contributed by atoms with Gasteiger partial charge in [-0.15, -0.1) is 5.10 Å². The normalized spacial score (nSPS) is 17.6. The molecule has 1 aromatic heterocycles. The van der Waals surface area contributed by atoms with Gasteiger partial charge in [0.2, 0.25) is 21.1 Å². The van der Waals surface area contributed by atoms with Crippen molar-refractivity contribution >= 4 is 33.4 Å². The zero-order valence-electron chi connectivity index (χ0n) is 30.3. The lowest BCUT2D eigenvalue weighted by molar-refractivity contribution is -0.245. The number of hydrogen-bond acceptors (Lipinski definition) is 11. The Morgan fingerprint density at radius 2 is 1.64 bits per heavy atom. The summed E-state index contributed by atoms with van der Waals surface area (Å²) >= 11 is 1.42. The Hall–Kier alpha value is -5.42. The van der Waals surface area contributed by atoms with E-state index < -0.39 is 28.3 Å². The van der Waals surface area contributed by atoms with E-state index in [1.54, 1.807) is 59.3 Å². The Morgan fingerprint density at radius 3 is 2.38 bits per heavy atom. The van der Waals surface area contributed by atoms with E-state index in [9.17, 15) is 23.4 Å². The summed E-state index contributed by atoms with van der Waals surface area (Å²) in [5.74, 6) is 0.0752. The molecular weight excluding hydrogens is 753 g/mol. The molecule has 0 saturated carbocycles. The van der Waals surface area contributed by atoms with E-state index >= 15 is 0 Å². The van der Waals surface area contributed by atoms with Gasteiger partial charge >= 0.3 is 0 Å². The van der Waals surface area contributed by atoms with Crippen molar-refractivity contribution in [1.82, 2.24) is 24.9 Å². The largest absolute Gasteiger partial charge is 0.508 e. The number of thioether (sulfide) groups is 1. The van der Waals surface area contributed by atoms with Crippen molar-refractivity contribution in [3.63, 3.8) is 0 Å². The molecule has 4 atom stereocenters. The summed E-state index contributed by atoms with van der Waals surface area (Å²) in [5.41, 5.74) is 5.15. The maximum atomic E-state index is 13.9. The van der Waals surface area contributed by atoms with Crippen molar-refractivity contribution in [3.05, 3.63) is 155 Å². The van der Waals surface area contributed by atoms with Gasteiger partial charge in [0.15, 0.2) is 6.29 Å². The van der Waals surface area contributed by atoms with Crippen LogP contribution in [0.5, 0.6) is 5.75 Å². The lowest BCUT2D eigenvalue weighted by Crippen LogP contribution is -2.45. The van der Waals surface area contributed by atoms with Gasteiger partial charge in [-0.25, -0.2) is 8.42 Å². The quantitative estimate of drug-likeness (QED) is 0.0947. The number of anilines is 1. The molecule has 4 unspecified atom stereocenters. The number of benzene rings is 5. The predicted octanol–water partition coefficient (Wildman–Crippen LogP) is 6.03. The first kappa shape index (κ1) is 38.8. The summed E-state index contributed by atoms with van der Waals surface area (Å²) in [4.78, 5) is 14.0. The number of carbonyl (C=O) groups excluding carboxylic acids is 1. The third-order valence-electron chi connectivity index (χ3n) is 9.20. The molecule has 6 aromatic rings. The van der Waals surface area contributed by atoms with Crippen LogP contribution in [-0.4, -0.2) is 62.6 Å². The zero-order valence-corrected chi connectivity index (χ0v) is 31.9. The molecule has 13 nitrogen and oxygen atoms in total. The summed E-state index contributed by atoms with van der Waals surface area (Å²) in [5, 5.41) is 35.0. The van der Waals surface area contributed by atoms with Crippen LogP contribution < -0.4 is 10.0 Å². The van der Waals surface area contributed by atoms with Gasteiger partial charge in [0, 0.05) is 23.4 Å². The molecule has 56 heavy (non-hydrogen) atoms. The minimum absolute atomic E-state index is 0.0627. The van der Waals surface area contributed by atoms with Gasteiger partial charge in [-0.05, 0) is 89.0 Å². The molecule has 7 rings (SSSR count). The van der Waals surface area contributed by atoms with E-state index in [2.05, 4.69) is 25.6 Å². The number of carbonyl (C=O) groups is 1. The number of aromatic nitrogens is 4. The number of ether oxygens (including phenoxy) is 2. The highest BCUT2D eigenvalue weighted by Gasteiger charge is 2.33. The van der Waals surface area contributed by atoms with Crippen LogP contribution in [0.3, 0.4) is 0 Å². The first-order valence-corrected chi connectivity index (χ1v) is 20.4. The van der Waals surface area contributed by atoms with E-state index in [4.69, 9.17) is 9.47 Å². The second kappa shape index (κ2) is 17.6. The van der Waals surface area contributed by atoms with Crippen molar-refractivity contribution in [2.75, 3.05) is 11.1 Å². The number of phenols is 1. The number of amides is 1. The van der Waals surface area contributed by atoms with Gasteiger partial charge in [0.1, 0.15) is 11.8 Å². The van der Waals surface area contributed by atoms with E-state index in [1.807, 2.05) is 67.6 Å². The van der Waals surface area contributed by atoms with Crippen LogP contribution >= 0.6 is 11.8 Å². The number of hydrogen-bond donors (Lipinski definition) is 4. The molecule has 15 heteroatoms. The molecule has 288 valence electrons. The smallest absolute Gasteiger partial charge is 0.242 e. The number of sulfonamides is 1. The van der Waals surface area contributed by atoms with Crippen molar-refractivity contribution < 1.29 is 32.9 Å². The lowest BCUT2D eigenvalue weighted by atomic mass is 10.0. The van der Waals surface area contributed by atoms with E-state index in [0.717, 1.165) is 22.3 Å². The highest BCUT2D eigenvalue weighted by atomic mass is 32.2. The van der Waals surface area contributed by atoms with Crippen LogP contribution in [0.1, 0.15) is 46.6 Å². The predicted molar refractivity (Wildman–Crippen MR) is 210 cm³/mol. The third-order valence-corrected chi connectivity index (χ3v) is 11.7. The highest BCUT2D eigenvalue weighted by Crippen LogP contribution is 2.40. The summed E-state index contributed by atoms with van der Waals surface area (Å²) in [7, 11) is -4.03. The number of aliphatic hydroxyl groups excluding tert-OH is 1. The number of nitrogens with one attached hydrogen (secondary N) is 2. The summed E-state index contributed by atoms with van der Waals surface area (Å²) in [6.07, 6.45) is -0.886. The van der Waals surface area contributed by atoms with Crippen LogP contribution in [0.15, 0.2) is 137 Å². The van der Waals surface area contributed by atoms with Crippen molar-refractivity contribution in [2.45, 2.75) is 61.0 Å². The van der Waals surface area contributed by atoms with Crippen LogP contribution in [0.4, 0.5) is 5.69 Å². The van der Waals surface area contributed by atoms with E-state index in [0.29, 0.717) is 34.3 Å². The number of tetrazole rings is 1. The molecule has 0 bridgehead atoms. The highest BCUT2D eigenvalue weighted by molar-refractivity contribution is 7.99. The molecule has 4 N–H and O–H groups in total. The summed E-state index contributed by atoms with van der Waals surface area (Å²) < 4.78 is 44.2. The van der Waals surface area contributed by atoms with Crippen LogP contribution in [0.25, 0.3) is 5.69 Å².